The van der Waals surface area contributed by atoms with E-state index in [1.54, 1.807) is 0 Å². The molecule has 1 rings (SSSR count). The van der Waals surface area contributed by atoms with Gasteiger partial charge in [-0.25, -0.2) is 0 Å². The molecule has 1 aliphatic carbocycles. The minimum atomic E-state index is 0.0353. The smallest absolute Gasteiger partial charge is 0.0129 e. The Morgan fingerprint density at radius 2 is 2.09 bits per heavy atom. The summed E-state index contributed by atoms with van der Waals surface area (Å²) in [6.07, 6.45) is 4.55. The van der Waals surface area contributed by atoms with Gasteiger partial charge in [0, 0.05) is 11.6 Å². The van der Waals surface area contributed by atoms with Gasteiger partial charge < -0.3 is 11.5 Å². The van der Waals surface area contributed by atoms with Crippen LogP contribution in [0.3, 0.4) is 0 Å². The van der Waals surface area contributed by atoms with E-state index >= 15 is 0 Å². The molecule has 0 aromatic heterocycles. The Balaban J connectivity index is 2.55. The largest absolute Gasteiger partial charge is 0.327 e. The van der Waals surface area contributed by atoms with Crippen molar-refractivity contribution in [1.29, 1.82) is 0 Å². The second-order valence-electron chi connectivity index (χ2n) is 4.39. The average molecular weight is 156 g/mol. The highest BCUT2D eigenvalue weighted by atomic mass is 14.7. The monoisotopic (exact) mass is 156 g/mol. The van der Waals surface area contributed by atoms with E-state index in [4.69, 9.17) is 11.5 Å². The minimum Gasteiger partial charge on any atom is -0.327 e. The zero-order chi connectivity index (χ0) is 8.48. The lowest BCUT2D eigenvalue weighted by molar-refractivity contribution is 0.341. The number of rotatable bonds is 0. The SMILES string of the molecule is CC1CC(C)(N)CCCC1N. The van der Waals surface area contributed by atoms with E-state index in [1.165, 1.54) is 6.42 Å². The third-order valence-corrected chi connectivity index (χ3v) is 2.80. The highest BCUT2D eigenvalue weighted by molar-refractivity contribution is 4.87. The van der Waals surface area contributed by atoms with Crippen LogP contribution in [0, 0.1) is 5.92 Å². The molecule has 4 N–H and O–H groups in total. The van der Waals surface area contributed by atoms with Crippen LogP contribution in [0.15, 0.2) is 0 Å². The molecule has 2 heteroatoms. The quantitative estimate of drug-likeness (QED) is 0.518. The normalized spacial score (nSPS) is 46.9. The topological polar surface area (TPSA) is 52.0 Å². The Kier molecular flexibility index (Phi) is 2.55. The molecule has 11 heavy (non-hydrogen) atoms. The first-order valence-corrected chi connectivity index (χ1v) is 4.56. The lowest BCUT2D eigenvalue weighted by Gasteiger charge is -2.25. The molecule has 0 radical (unpaired) electrons. The molecule has 1 saturated carbocycles. The van der Waals surface area contributed by atoms with Gasteiger partial charge >= 0.3 is 0 Å². The summed E-state index contributed by atoms with van der Waals surface area (Å²) in [5.41, 5.74) is 12.1. The van der Waals surface area contributed by atoms with Crippen molar-refractivity contribution in [2.75, 3.05) is 0 Å². The van der Waals surface area contributed by atoms with Crippen molar-refractivity contribution in [3.05, 3.63) is 0 Å². The van der Waals surface area contributed by atoms with Gasteiger partial charge in [-0.15, -0.1) is 0 Å². The number of nitrogens with two attached hydrogens (primary N) is 2. The fourth-order valence-electron chi connectivity index (χ4n) is 2.02. The van der Waals surface area contributed by atoms with E-state index in [0.29, 0.717) is 12.0 Å². The molecular weight excluding hydrogens is 136 g/mol. The van der Waals surface area contributed by atoms with Crippen LogP contribution in [-0.4, -0.2) is 11.6 Å². The average Bonchev–Trinajstić information content (AvgIpc) is 1.93. The molecule has 0 heterocycles. The number of hydrogen-bond donors (Lipinski definition) is 2. The minimum absolute atomic E-state index is 0.0353. The van der Waals surface area contributed by atoms with Crippen molar-refractivity contribution in [2.45, 2.75) is 51.1 Å². The van der Waals surface area contributed by atoms with E-state index < -0.39 is 0 Å². The Labute approximate surface area is 69.3 Å². The summed E-state index contributed by atoms with van der Waals surface area (Å²) >= 11 is 0. The third-order valence-electron chi connectivity index (χ3n) is 2.80. The van der Waals surface area contributed by atoms with Crippen molar-refractivity contribution >= 4 is 0 Å². The molecule has 66 valence electrons. The lowest BCUT2D eigenvalue weighted by atomic mass is 9.88. The third kappa shape index (κ3) is 2.46. The van der Waals surface area contributed by atoms with Gasteiger partial charge in [0.2, 0.25) is 0 Å². The molecule has 0 aliphatic heterocycles. The van der Waals surface area contributed by atoms with Crippen LogP contribution in [0.1, 0.15) is 39.5 Å². The standard InChI is InChI=1S/C9H20N2/c1-7-6-9(2,11)5-3-4-8(7)10/h7-8H,3-6,10-11H2,1-2H3. The first-order valence-electron chi connectivity index (χ1n) is 4.56. The van der Waals surface area contributed by atoms with Gasteiger partial charge in [0.15, 0.2) is 0 Å². The highest BCUT2D eigenvalue weighted by Gasteiger charge is 2.27. The fourth-order valence-corrected chi connectivity index (χ4v) is 2.02. The van der Waals surface area contributed by atoms with Crippen molar-refractivity contribution in [3.63, 3.8) is 0 Å². The fraction of sp³-hybridized carbons (Fsp3) is 1.00. The van der Waals surface area contributed by atoms with E-state index in [-0.39, 0.29) is 5.54 Å². The molecule has 0 amide bonds. The van der Waals surface area contributed by atoms with Crippen LogP contribution in [0.2, 0.25) is 0 Å². The second-order valence-corrected chi connectivity index (χ2v) is 4.39. The van der Waals surface area contributed by atoms with E-state index in [2.05, 4.69) is 13.8 Å². The van der Waals surface area contributed by atoms with Crippen LogP contribution in [-0.2, 0) is 0 Å². The van der Waals surface area contributed by atoms with Crippen molar-refractivity contribution in [2.24, 2.45) is 17.4 Å². The summed E-state index contributed by atoms with van der Waals surface area (Å²) in [7, 11) is 0. The van der Waals surface area contributed by atoms with Crippen molar-refractivity contribution in [1.82, 2.24) is 0 Å². The Hall–Kier alpha value is -0.0800. The predicted octanol–water partition coefficient (Wildman–Crippen LogP) is 1.24. The maximum atomic E-state index is 6.07. The summed E-state index contributed by atoms with van der Waals surface area (Å²) in [4.78, 5) is 0. The molecule has 0 saturated heterocycles. The van der Waals surface area contributed by atoms with Gasteiger partial charge in [-0.3, -0.25) is 0 Å². The van der Waals surface area contributed by atoms with Gasteiger partial charge in [-0.05, 0) is 32.1 Å². The van der Waals surface area contributed by atoms with Gasteiger partial charge in [0.1, 0.15) is 0 Å². The predicted molar refractivity (Wildman–Crippen MR) is 48.2 cm³/mol. The molecule has 1 aliphatic rings. The summed E-state index contributed by atoms with van der Waals surface area (Å²) in [6, 6.07) is 0.375. The Bertz CT molecular complexity index is 132. The summed E-state index contributed by atoms with van der Waals surface area (Å²) in [6.45, 7) is 4.35. The van der Waals surface area contributed by atoms with Gasteiger partial charge in [-0.1, -0.05) is 13.3 Å². The van der Waals surface area contributed by atoms with Crippen LogP contribution >= 0.6 is 0 Å². The van der Waals surface area contributed by atoms with Gasteiger partial charge in [-0.2, -0.15) is 0 Å². The van der Waals surface area contributed by atoms with Gasteiger partial charge in [0.05, 0.1) is 0 Å². The van der Waals surface area contributed by atoms with Gasteiger partial charge in [0.25, 0.3) is 0 Å². The molecule has 0 spiro atoms. The Morgan fingerprint density at radius 3 is 2.73 bits per heavy atom. The van der Waals surface area contributed by atoms with Crippen LogP contribution < -0.4 is 11.5 Å². The molecule has 1 fully saturated rings. The molecule has 0 aromatic carbocycles. The van der Waals surface area contributed by atoms with E-state index in [9.17, 15) is 0 Å². The maximum absolute atomic E-state index is 6.07. The zero-order valence-electron chi connectivity index (χ0n) is 7.64. The molecule has 0 bridgehead atoms. The first kappa shape index (κ1) is 9.01. The molecule has 2 nitrogen and oxygen atoms in total. The molecular formula is C9H20N2. The second kappa shape index (κ2) is 3.11. The highest BCUT2D eigenvalue weighted by Crippen LogP contribution is 2.27. The van der Waals surface area contributed by atoms with Crippen LogP contribution in [0.25, 0.3) is 0 Å². The lowest BCUT2D eigenvalue weighted by Crippen LogP contribution is -2.38. The van der Waals surface area contributed by atoms with Crippen molar-refractivity contribution in [3.8, 4) is 0 Å². The zero-order valence-corrected chi connectivity index (χ0v) is 7.64. The van der Waals surface area contributed by atoms with Crippen LogP contribution in [0.5, 0.6) is 0 Å². The summed E-state index contributed by atoms with van der Waals surface area (Å²) in [5.74, 6) is 0.590. The molecule has 3 unspecified atom stereocenters. The van der Waals surface area contributed by atoms with Crippen LogP contribution in [0.4, 0.5) is 0 Å². The molecule has 0 aromatic rings. The van der Waals surface area contributed by atoms with E-state index in [0.717, 1.165) is 19.3 Å². The first-order chi connectivity index (χ1) is 5.01. The number of hydrogen-bond acceptors (Lipinski definition) is 2. The van der Waals surface area contributed by atoms with Crippen molar-refractivity contribution < 1.29 is 0 Å². The van der Waals surface area contributed by atoms with E-state index in [1.807, 2.05) is 0 Å². The summed E-state index contributed by atoms with van der Waals surface area (Å²) in [5, 5.41) is 0. The Morgan fingerprint density at radius 1 is 1.45 bits per heavy atom. The maximum Gasteiger partial charge on any atom is 0.0129 e. The summed E-state index contributed by atoms with van der Waals surface area (Å²) < 4.78 is 0. The molecule has 3 atom stereocenters.